The van der Waals surface area contributed by atoms with Crippen LogP contribution in [0, 0.1) is 0 Å². The third-order valence-electron chi connectivity index (χ3n) is 5.20. The number of benzene rings is 2. The Labute approximate surface area is 188 Å². The molecule has 0 atom stereocenters. The molecule has 1 fully saturated rings. The first-order valence-electron chi connectivity index (χ1n) is 10.7. The number of nitrogens with zero attached hydrogens (tertiary/aromatic N) is 2. The number of amides is 1. The third kappa shape index (κ3) is 4.92. The molecule has 0 bridgehead atoms. The molecule has 1 aliphatic heterocycles. The fraction of sp³-hybridized carbons (Fsp3) is 0.333. The minimum Gasteiger partial charge on any atom is -0.356 e. The highest BCUT2D eigenvalue weighted by atomic mass is 32.2. The number of anilines is 2. The zero-order chi connectivity index (χ0) is 22.9. The van der Waals surface area contributed by atoms with Crippen molar-refractivity contribution in [2.45, 2.75) is 44.0 Å². The summed E-state index contributed by atoms with van der Waals surface area (Å²) in [5, 5.41) is 3.75. The highest BCUT2D eigenvalue weighted by Gasteiger charge is 2.24. The first-order chi connectivity index (χ1) is 15.1. The number of aromatic nitrogens is 1. The molecule has 3 aromatic rings. The molecular formula is C24H28N4O3S. The number of nitrogens with one attached hydrogen (secondary N) is 2. The van der Waals surface area contributed by atoms with Gasteiger partial charge < -0.3 is 10.2 Å². The molecular weight excluding hydrogens is 424 g/mol. The van der Waals surface area contributed by atoms with Crippen LogP contribution in [0.15, 0.2) is 59.5 Å². The summed E-state index contributed by atoms with van der Waals surface area (Å²) >= 11 is 0. The van der Waals surface area contributed by atoms with Crippen molar-refractivity contribution in [1.82, 2.24) is 9.71 Å². The van der Waals surface area contributed by atoms with Crippen LogP contribution in [-0.4, -0.2) is 37.9 Å². The summed E-state index contributed by atoms with van der Waals surface area (Å²) in [4.78, 5) is 20.3. The number of carbonyl (C=O) groups excluding carboxylic acids is 1. The van der Waals surface area contributed by atoms with E-state index in [9.17, 15) is 13.2 Å². The molecule has 1 amide bonds. The number of hydrogen-bond donors (Lipinski definition) is 2. The Bertz CT molecular complexity index is 1260. The van der Waals surface area contributed by atoms with Crippen molar-refractivity contribution < 1.29 is 13.2 Å². The van der Waals surface area contributed by atoms with Crippen molar-refractivity contribution in [3.8, 4) is 0 Å². The van der Waals surface area contributed by atoms with Crippen LogP contribution < -0.4 is 14.9 Å². The van der Waals surface area contributed by atoms with Crippen LogP contribution in [0.1, 0.15) is 44.0 Å². The van der Waals surface area contributed by atoms with Crippen LogP contribution in [0.3, 0.4) is 0 Å². The molecule has 0 aliphatic carbocycles. The van der Waals surface area contributed by atoms with Gasteiger partial charge in [0.1, 0.15) is 5.82 Å². The summed E-state index contributed by atoms with van der Waals surface area (Å²) in [5.41, 5.74) is 1.12. The maximum Gasteiger partial charge on any atom is 0.259 e. The molecule has 168 valence electrons. The molecule has 1 aliphatic rings. The quantitative estimate of drug-likeness (QED) is 0.606. The van der Waals surface area contributed by atoms with Gasteiger partial charge in [-0.15, -0.1) is 0 Å². The van der Waals surface area contributed by atoms with Crippen LogP contribution in [0.4, 0.5) is 11.5 Å². The molecule has 0 radical (unpaired) electrons. The standard InChI is InChI=1S/C24H28N4O3S/c1-24(2,3)27-32(30,31)19-11-8-10-18(16-19)25-23(29)20-15-17-9-4-5-12-21(17)26-22(20)28-13-6-7-14-28/h4-5,8-12,15-16,27H,6-7,13-14H2,1-3H3,(H,25,29). The summed E-state index contributed by atoms with van der Waals surface area (Å²) < 4.78 is 28.0. The van der Waals surface area contributed by atoms with Crippen molar-refractivity contribution in [3.05, 3.63) is 60.2 Å². The van der Waals surface area contributed by atoms with Crippen LogP contribution in [0.25, 0.3) is 10.9 Å². The summed E-state index contributed by atoms with van der Waals surface area (Å²) in [6.45, 7) is 7.06. The van der Waals surface area contributed by atoms with Gasteiger partial charge in [-0.3, -0.25) is 4.79 Å². The normalized spacial score (nSPS) is 14.7. The van der Waals surface area contributed by atoms with E-state index in [4.69, 9.17) is 4.98 Å². The monoisotopic (exact) mass is 452 g/mol. The Hall–Kier alpha value is -2.97. The predicted octanol–water partition coefficient (Wildman–Crippen LogP) is 4.16. The second-order valence-corrected chi connectivity index (χ2v) is 10.8. The smallest absolute Gasteiger partial charge is 0.259 e. The van der Waals surface area contributed by atoms with Crippen molar-refractivity contribution >= 4 is 38.3 Å². The minimum absolute atomic E-state index is 0.0987. The van der Waals surface area contributed by atoms with Gasteiger partial charge in [0, 0.05) is 29.7 Å². The van der Waals surface area contributed by atoms with E-state index in [-0.39, 0.29) is 10.8 Å². The maximum absolute atomic E-state index is 13.3. The predicted molar refractivity (Wildman–Crippen MR) is 128 cm³/mol. The third-order valence-corrected chi connectivity index (χ3v) is 6.95. The van der Waals surface area contributed by atoms with E-state index in [1.54, 1.807) is 32.9 Å². The Balaban J connectivity index is 1.67. The van der Waals surface area contributed by atoms with Gasteiger partial charge in [0.2, 0.25) is 10.0 Å². The molecule has 0 saturated carbocycles. The van der Waals surface area contributed by atoms with Crippen molar-refractivity contribution in [1.29, 1.82) is 0 Å². The Kier molecular flexibility index (Phi) is 5.92. The zero-order valence-electron chi connectivity index (χ0n) is 18.6. The lowest BCUT2D eigenvalue weighted by molar-refractivity contribution is 0.102. The number of pyridine rings is 1. The fourth-order valence-electron chi connectivity index (χ4n) is 3.84. The van der Waals surface area contributed by atoms with E-state index in [1.807, 2.05) is 30.3 Å². The molecule has 1 saturated heterocycles. The number of carbonyl (C=O) groups is 1. The number of rotatable bonds is 5. The molecule has 4 rings (SSSR count). The molecule has 2 heterocycles. The molecule has 2 aromatic carbocycles. The van der Waals surface area contributed by atoms with E-state index in [2.05, 4.69) is 14.9 Å². The lowest BCUT2D eigenvalue weighted by atomic mass is 10.1. The van der Waals surface area contributed by atoms with Gasteiger partial charge in [-0.2, -0.15) is 0 Å². The van der Waals surface area contributed by atoms with Gasteiger partial charge in [-0.05, 0) is 63.9 Å². The largest absolute Gasteiger partial charge is 0.356 e. The first-order valence-corrected chi connectivity index (χ1v) is 12.2. The molecule has 2 N–H and O–H groups in total. The van der Waals surface area contributed by atoms with E-state index in [0.29, 0.717) is 17.1 Å². The van der Waals surface area contributed by atoms with Gasteiger partial charge >= 0.3 is 0 Å². The summed E-state index contributed by atoms with van der Waals surface area (Å²) in [7, 11) is -3.71. The lowest BCUT2D eigenvalue weighted by Gasteiger charge is -2.21. The zero-order valence-corrected chi connectivity index (χ0v) is 19.4. The lowest BCUT2D eigenvalue weighted by Crippen LogP contribution is -2.40. The summed E-state index contributed by atoms with van der Waals surface area (Å²) in [6, 6.07) is 15.8. The molecule has 1 aromatic heterocycles. The molecule has 0 spiro atoms. The Morgan fingerprint density at radius 2 is 1.72 bits per heavy atom. The molecule has 7 nitrogen and oxygen atoms in total. The second kappa shape index (κ2) is 8.52. The molecule has 0 unspecified atom stereocenters. The van der Waals surface area contributed by atoms with Crippen LogP contribution in [0.2, 0.25) is 0 Å². The van der Waals surface area contributed by atoms with Gasteiger partial charge in [-0.1, -0.05) is 24.3 Å². The van der Waals surface area contributed by atoms with E-state index >= 15 is 0 Å². The Morgan fingerprint density at radius 1 is 1.00 bits per heavy atom. The minimum atomic E-state index is -3.71. The van der Waals surface area contributed by atoms with Gasteiger partial charge in [0.05, 0.1) is 16.0 Å². The maximum atomic E-state index is 13.3. The summed E-state index contributed by atoms with van der Waals surface area (Å²) in [6.07, 6.45) is 2.13. The highest BCUT2D eigenvalue weighted by Crippen LogP contribution is 2.28. The number of para-hydroxylation sites is 1. The number of fused-ring (bicyclic) bond motifs is 1. The van der Waals surface area contributed by atoms with E-state index in [1.165, 1.54) is 12.1 Å². The van der Waals surface area contributed by atoms with E-state index < -0.39 is 15.6 Å². The first kappa shape index (κ1) is 22.2. The average molecular weight is 453 g/mol. The van der Waals surface area contributed by atoms with Gasteiger partial charge in [0.25, 0.3) is 5.91 Å². The van der Waals surface area contributed by atoms with Crippen LogP contribution >= 0.6 is 0 Å². The highest BCUT2D eigenvalue weighted by molar-refractivity contribution is 7.89. The van der Waals surface area contributed by atoms with Crippen LogP contribution in [0.5, 0.6) is 0 Å². The molecule has 32 heavy (non-hydrogen) atoms. The average Bonchev–Trinajstić information content (AvgIpc) is 3.26. The fourth-order valence-corrected chi connectivity index (χ4v) is 5.31. The topological polar surface area (TPSA) is 91.4 Å². The molecule has 8 heteroatoms. The van der Waals surface area contributed by atoms with Crippen LogP contribution in [-0.2, 0) is 10.0 Å². The van der Waals surface area contributed by atoms with Crippen molar-refractivity contribution in [3.63, 3.8) is 0 Å². The number of sulfonamides is 1. The van der Waals surface area contributed by atoms with E-state index in [0.717, 1.165) is 36.8 Å². The van der Waals surface area contributed by atoms with Gasteiger partial charge in [-0.25, -0.2) is 18.1 Å². The second-order valence-electron chi connectivity index (χ2n) is 9.08. The Morgan fingerprint density at radius 3 is 2.44 bits per heavy atom. The van der Waals surface area contributed by atoms with Gasteiger partial charge in [0.15, 0.2) is 0 Å². The van der Waals surface area contributed by atoms with Crippen molar-refractivity contribution in [2.75, 3.05) is 23.3 Å². The summed E-state index contributed by atoms with van der Waals surface area (Å²) in [5.74, 6) is 0.348. The SMILES string of the molecule is CC(C)(C)NS(=O)(=O)c1cccc(NC(=O)c2cc3ccccc3nc2N2CCCC2)c1. The number of hydrogen-bond acceptors (Lipinski definition) is 5. The van der Waals surface area contributed by atoms with Crippen molar-refractivity contribution in [2.24, 2.45) is 0 Å².